The van der Waals surface area contributed by atoms with E-state index in [4.69, 9.17) is 10.5 Å². The highest BCUT2D eigenvalue weighted by molar-refractivity contribution is 5.56. The van der Waals surface area contributed by atoms with Crippen LogP contribution in [-0.2, 0) is 4.74 Å². The van der Waals surface area contributed by atoms with Gasteiger partial charge >= 0.3 is 0 Å². The Hall–Kier alpha value is -1.36. The quantitative estimate of drug-likeness (QED) is 0.797. The molecule has 1 atom stereocenters. The predicted octanol–water partition coefficient (Wildman–Crippen LogP) is 2.80. The minimum Gasteiger partial charge on any atom is -0.399 e. The first-order chi connectivity index (χ1) is 8.51. The maximum absolute atomic E-state index is 13.9. The molecule has 0 saturated heterocycles. The van der Waals surface area contributed by atoms with E-state index in [9.17, 15) is 8.78 Å². The molecule has 0 saturated carbocycles. The van der Waals surface area contributed by atoms with Gasteiger partial charge in [0, 0.05) is 25.4 Å². The Balaban J connectivity index is 3.11. The minimum absolute atomic E-state index is 0.0211. The van der Waals surface area contributed by atoms with Gasteiger partial charge in [-0.25, -0.2) is 8.78 Å². The highest BCUT2D eigenvalue weighted by atomic mass is 19.1. The van der Waals surface area contributed by atoms with E-state index < -0.39 is 11.6 Å². The Morgan fingerprint density at radius 3 is 2.33 bits per heavy atom. The Kier molecular flexibility index (Phi) is 5.34. The maximum atomic E-state index is 13.9. The number of nitrogens with zero attached hydrogens (tertiary/aromatic N) is 1. The predicted molar refractivity (Wildman–Crippen MR) is 69.7 cm³/mol. The van der Waals surface area contributed by atoms with Crippen molar-refractivity contribution in [2.75, 3.05) is 30.9 Å². The molecule has 0 aliphatic carbocycles. The second kappa shape index (κ2) is 6.54. The molecule has 0 fully saturated rings. The second-order valence-corrected chi connectivity index (χ2v) is 4.28. The lowest BCUT2D eigenvalue weighted by atomic mass is 10.1. The first kappa shape index (κ1) is 14.7. The molecule has 0 aliphatic rings. The molecule has 0 heterocycles. The van der Waals surface area contributed by atoms with Crippen molar-refractivity contribution in [1.82, 2.24) is 0 Å². The zero-order chi connectivity index (χ0) is 13.7. The molecule has 1 unspecified atom stereocenters. The van der Waals surface area contributed by atoms with Gasteiger partial charge in [-0.05, 0) is 25.5 Å². The van der Waals surface area contributed by atoms with E-state index in [1.165, 1.54) is 0 Å². The van der Waals surface area contributed by atoms with Crippen molar-refractivity contribution >= 4 is 11.4 Å². The van der Waals surface area contributed by atoms with Gasteiger partial charge < -0.3 is 15.4 Å². The van der Waals surface area contributed by atoms with Gasteiger partial charge in [0.05, 0.1) is 6.61 Å². The summed E-state index contributed by atoms with van der Waals surface area (Å²) in [5.74, 6) is -1.27. The molecule has 0 aliphatic heterocycles. The number of ether oxygens (including phenoxy) is 1. The van der Waals surface area contributed by atoms with Crippen LogP contribution in [0.25, 0.3) is 0 Å². The van der Waals surface area contributed by atoms with Crippen LogP contribution in [-0.4, -0.2) is 26.3 Å². The fourth-order valence-corrected chi connectivity index (χ4v) is 1.82. The lowest BCUT2D eigenvalue weighted by molar-refractivity contribution is 0.203. The molecule has 18 heavy (non-hydrogen) atoms. The molecule has 0 bridgehead atoms. The van der Waals surface area contributed by atoms with Gasteiger partial charge in [0.15, 0.2) is 11.6 Å². The summed E-state index contributed by atoms with van der Waals surface area (Å²) < 4.78 is 32.7. The number of nitrogen functional groups attached to an aromatic ring is 1. The first-order valence-corrected chi connectivity index (χ1v) is 6.01. The number of benzene rings is 1. The van der Waals surface area contributed by atoms with Crippen LogP contribution < -0.4 is 10.6 Å². The van der Waals surface area contributed by atoms with Crippen molar-refractivity contribution in [1.29, 1.82) is 0 Å². The average Bonchev–Trinajstić information content (AvgIpc) is 2.31. The van der Waals surface area contributed by atoms with E-state index >= 15 is 0 Å². The van der Waals surface area contributed by atoms with Crippen molar-refractivity contribution in [3.05, 3.63) is 23.8 Å². The third-order valence-electron chi connectivity index (χ3n) is 2.99. The number of rotatable bonds is 6. The first-order valence-electron chi connectivity index (χ1n) is 6.01. The monoisotopic (exact) mass is 258 g/mol. The second-order valence-electron chi connectivity index (χ2n) is 4.28. The van der Waals surface area contributed by atoms with Crippen molar-refractivity contribution in [2.45, 2.75) is 26.3 Å². The summed E-state index contributed by atoms with van der Waals surface area (Å²) in [7, 11) is 1.56. The molecule has 1 aromatic rings. The number of halogens is 2. The van der Waals surface area contributed by atoms with E-state index in [0.717, 1.165) is 18.6 Å². The van der Waals surface area contributed by atoms with Gasteiger partial charge in [-0.15, -0.1) is 0 Å². The smallest absolute Gasteiger partial charge is 0.151 e. The highest BCUT2D eigenvalue weighted by Gasteiger charge is 2.21. The number of anilines is 2. The molecule has 2 N–H and O–H groups in total. The average molecular weight is 258 g/mol. The molecular weight excluding hydrogens is 238 g/mol. The van der Waals surface area contributed by atoms with Gasteiger partial charge in [0.1, 0.15) is 5.69 Å². The van der Waals surface area contributed by atoms with Gasteiger partial charge in [-0.3, -0.25) is 0 Å². The number of hydrogen-bond donors (Lipinski definition) is 1. The van der Waals surface area contributed by atoms with Crippen LogP contribution >= 0.6 is 0 Å². The molecule has 1 aromatic carbocycles. The zero-order valence-electron chi connectivity index (χ0n) is 11.0. The third-order valence-corrected chi connectivity index (χ3v) is 2.99. The molecule has 102 valence electrons. The van der Waals surface area contributed by atoms with Crippen LogP contribution in [0.3, 0.4) is 0 Å². The molecule has 0 radical (unpaired) electrons. The van der Waals surface area contributed by atoms with Crippen LogP contribution in [0.5, 0.6) is 0 Å². The van der Waals surface area contributed by atoms with Crippen LogP contribution in [0, 0.1) is 11.6 Å². The minimum atomic E-state index is -0.635. The van der Waals surface area contributed by atoms with E-state index in [-0.39, 0.29) is 17.4 Å². The number of methoxy groups -OCH3 is 1. The Morgan fingerprint density at radius 1 is 1.33 bits per heavy atom. The highest BCUT2D eigenvalue weighted by Crippen LogP contribution is 2.28. The van der Waals surface area contributed by atoms with Crippen molar-refractivity contribution in [3.8, 4) is 0 Å². The Bertz CT molecular complexity index is 376. The number of nitrogens with two attached hydrogens (primary N) is 1. The maximum Gasteiger partial charge on any atom is 0.151 e. The Labute approximate surface area is 107 Å². The van der Waals surface area contributed by atoms with Gasteiger partial charge in [-0.1, -0.05) is 6.92 Å². The lowest BCUT2D eigenvalue weighted by Gasteiger charge is -2.31. The summed E-state index contributed by atoms with van der Waals surface area (Å²) in [6.07, 6.45) is 0.785. The SMILES string of the molecule is CCC(C)N(CCOC)c1c(F)cc(N)cc1F. The molecule has 0 spiro atoms. The van der Waals surface area contributed by atoms with Crippen LogP contribution in [0.2, 0.25) is 0 Å². The van der Waals surface area contributed by atoms with E-state index in [1.807, 2.05) is 13.8 Å². The standard InChI is InChI=1S/C13H20F2N2O/c1-4-9(2)17(5-6-18-3)13-11(14)7-10(16)8-12(13)15/h7-9H,4-6,16H2,1-3H3. The van der Waals surface area contributed by atoms with Crippen LogP contribution in [0.1, 0.15) is 20.3 Å². The van der Waals surface area contributed by atoms with Crippen LogP contribution in [0.4, 0.5) is 20.2 Å². The normalized spacial score (nSPS) is 12.5. The van der Waals surface area contributed by atoms with Crippen molar-refractivity contribution in [2.24, 2.45) is 0 Å². The summed E-state index contributed by atoms with van der Waals surface area (Å²) in [6.45, 7) is 4.74. The molecule has 3 nitrogen and oxygen atoms in total. The molecular formula is C13H20F2N2O. The summed E-state index contributed by atoms with van der Waals surface area (Å²) in [5, 5.41) is 0. The summed E-state index contributed by atoms with van der Waals surface area (Å²) in [5.41, 5.74) is 5.47. The fourth-order valence-electron chi connectivity index (χ4n) is 1.82. The van der Waals surface area contributed by atoms with Crippen molar-refractivity contribution in [3.63, 3.8) is 0 Å². The van der Waals surface area contributed by atoms with Gasteiger partial charge in [0.25, 0.3) is 0 Å². The summed E-state index contributed by atoms with van der Waals surface area (Å²) in [4.78, 5) is 1.67. The topological polar surface area (TPSA) is 38.5 Å². The van der Waals surface area contributed by atoms with Gasteiger partial charge in [-0.2, -0.15) is 0 Å². The largest absolute Gasteiger partial charge is 0.399 e. The third kappa shape index (κ3) is 3.32. The molecule has 5 heteroatoms. The lowest BCUT2D eigenvalue weighted by Crippen LogP contribution is -2.36. The van der Waals surface area contributed by atoms with E-state index in [0.29, 0.717) is 13.2 Å². The van der Waals surface area contributed by atoms with E-state index in [1.54, 1.807) is 12.0 Å². The van der Waals surface area contributed by atoms with Crippen molar-refractivity contribution < 1.29 is 13.5 Å². The van der Waals surface area contributed by atoms with Gasteiger partial charge in [0.2, 0.25) is 0 Å². The van der Waals surface area contributed by atoms with Crippen LogP contribution in [0.15, 0.2) is 12.1 Å². The molecule has 0 aromatic heterocycles. The molecule has 0 amide bonds. The van der Waals surface area contributed by atoms with E-state index in [2.05, 4.69) is 0 Å². The fraction of sp³-hybridized carbons (Fsp3) is 0.538. The summed E-state index contributed by atoms with van der Waals surface area (Å²) >= 11 is 0. The Morgan fingerprint density at radius 2 is 1.89 bits per heavy atom. The number of hydrogen-bond acceptors (Lipinski definition) is 3. The summed E-state index contributed by atoms with van der Waals surface area (Å²) in [6, 6.07) is 2.30. The molecule has 1 rings (SSSR count). The zero-order valence-corrected chi connectivity index (χ0v) is 11.0.